The van der Waals surface area contributed by atoms with Crippen molar-refractivity contribution in [3.05, 3.63) is 66.3 Å². The lowest BCUT2D eigenvalue weighted by Gasteiger charge is -2.59. The smallest absolute Gasteiger partial charge is 0.417 e. The summed E-state index contributed by atoms with van der Waals surface area (Å²) in [7, 11) is 3.05. The van der Waals surface area contributed by atoms with E-state index in [1.54, 1.807) is 48.4 Å². The summed E-state index contributed by atoms with van der Waals surface area (Å²) >= 11 is 0. The number of fused-ring (bicyclic) bond motifs is 2. The second-order valence-corrected chi connectivity index (χ2v) is 20.4. The van der Waals surface area contributed by atoms with Gasteiger partial charge in [-0.25, -0.2) is 9.59 Å². The van der Waals surface area contributed by atoms with E-state index in [9.17, 15) is 24.9 Å². The third kappa shape index (κ3) is 16.8. The molecule has 1 saturated carbocycles. The largest absolute Gasteiger partial charge is 0.497 e. The highest BCUT2D eigenvalue weighted by molar-refractivity contribution is 6.03. The van der Waals surface area contributed by atoms with Gasteiger partial charge in [-0.2, -0.15) is 0 Å². The maximum absolute atomic E-state index is 14.8. The molecule has 73 heavy (non-hydrogen) atoms. The van der Waals surface area contributed by atoms with Crippen molar-refractivity contribution in [1.82, 2.24) is 4.90 Å². The SMILES string of the molecule is C=CCOC12Oc3ccc(OC(=O)Nc4ccc(OC)cc4OC)cc3C3C(CCCCO)C(CCCCO)C=C(C(=NOC(C)(C)C)CC1N(CCOCCO)C(=O)OCCCCCCCCCCCC)C32. The average molecular weight is 1020 g/mol. The Morgan fingerprint density at radius 1 is 0.849 bits per heavy atom. The Bertz CT molecular complexity index is 2070. The van der Waals surface area contributed by atoms with Crippen LogP contribution in [-0.4, -0.2) is 123 Å². The van der Waals surface area contributed by atoms with Crippen molar-refractivity contribution in [1.29, 1.82) is 0 Å². The summed E-state index contributed by atoms with van der Waals surface area (Å²) in [5.41, 5.74) is 1.99. The zero-order valence-electron chi connectivity index (χ0n) is 44.7. The van der Waals surface area contributed by atoms with Gasteiger partial charge < -0.3 is 53.3 Å². The van der Waals surface area contributed by atoms with Gasteiger partial charge in [0.1, 0.15) is 34.6 Å². The Labute approximate surface area is 434 Å². The monoisotopic (exact) mass is 1020 g/mol. The molecule has 16 heteroatoms. The summed E-state index contributed by atoms with van der Waals surface area (Å²) in [5, 5.41) is 37.5. The molecule has 2 amide bonds. The van der Waals surface area contributed by atoms with Gasteiger partial charge in [0.2, 0.25) is 5.79 Å². The molecule has 1 heterocycles. The number of nitrogens with one attached hydrogen (secondary N) is 1. The highest BCUT2D eigenvalue weighted by Gasteiger charge is 2.65. The van der Waals surface area contributed by atoms with Crippen LogP contribution in [0, 0.1) is 17.8 Å². The quantitative estimate of drug-likeness (QED) is 0.0300. The van der Waals surface area contributed by atoms with Gasteiger partial charge in [-0.15, -0.1) is 6.58 Å². The van der Waals surface area contributed by atoms with Gasteiger partial charge in [-0.3, -0.25) is 10.2 Å². The molecule has 1 aliphatic heterocycles. The predicted octanol–water partition coefficient (Wildman–Crippen LogP) is 11.1. The molecular formula is C57H87N3O13. The molecular weight excluding hydrogens is 935 g/mol. The third-order valence-corrected chi connectivity index (χ3v) is 14.0. The van der Waals surface area contributed by atoms with E-state index in [2.05, 4.69) is 24.9 Å². The molecule has 0 aromatic heterocycles. The summed E-state index contributed by atoms with van der Waals surface area (Å²) < 4.78 is 43.4. The Balaban J connectivity index is 1.62. The Morgan fingerprint density at radius 2 is 1.55 bits per heavy atom. The summed E-state index contributed by atoms with van der Waals surface area (Å²) in [4.78, 5) is 36.4. The number of benzene rings is 2. The maximum Gasteiger partial charge on any atom is 0.417 e. The number of carbonyl (C=O) groups excluding carboxylic acids is 2. The number of hydrogen-bond acceptors (Lipinski definition) is 14. The lowest BCUT2D eigenvalue weighted by atomic mass is 9.55. The standard InChI is InChI=1S/C57H87N3O13/c1-8-10-11-12-13-14-15-16-17-22-34-69-55(65)60(29-35-68-36-32-63)51-40-48(59-73-56(3,4)5)45-37-41(23-18-20-30-61)44(24-19-21-31-62)52-46-38-43(26-28-49(46)72-57(51,53(45)52)70-33-9-2)71-54(64)58-47-27-25-42(66-6)39-50(47)67-7/h9,25-28,37-39,41,44,51-53,61-63H,2,8,10-24,29-36,40H2,1,3-7H3,(H,58,64). The number of allylic oxidation sites excluding steroid dienone is 1. The van der Waals surface area contributed by atoms with Crippen molar-refractivity contribution in [3.63, 3.8) is 0 Å². The lowest BCUT2D eigenvalue weighted by Crippen LogP contribution is -2.70. The number of aliphatic hydroxyl groups is 3. The minimum absolute atomic E-state index is 0.0228. The first kappa shape index (κ1) is 59.0. The topological polar surface area (TPSA) is 196 Å². The number of aliphatic hydroxyl groups excluding tert-OH is 3. The van der Waals surface area contributed by atoms with E-state index >= 15 is 0 Å². The van der Waals surface area contributed by atoms with Crippen molar-refractivity contribution in [3.8, 4) is 23.0 Å². The Kier molecular flexibility index (Phi) is 24.6. The fraction of sp³-hybridized carbons (Fsp3) is 0.667. The number of carbonyl (C=O) groups is 2. The number of hydrogen-bond donors (Lipinski definition) is 4. The Hall–Kier alpha value is -4.87. The molecule has 0 spiro atoms. The minimum Gasteiger partial charge on any atom is -0.497 e. The van der Waals surface area contributed by atoms with Crippen LogP contribution in [0.2, 0.25) is 0 Å². The van der Waals surface area contributed by atoms with Gasteiger partial charge in [0.15, 0.2) is 0 Å². The molecule has 1 fully saturated rings. The molecule has 2 aromatic rings. The highest BCUT2D eigenvalue weighted by Crippen LogP contribution is 2.62. The zero-order chi connectivity index (χ0) is 52.6. The number of oxime groups is 1. The van der Waals surface area contributed by atoms with Crippen LogP contribution in [0.1, 0.15) is 148 Å². The lowest BCUT2D eigenvalue weighted by molar-refractivity contribution is -0.256. The number of nitrogens with zero attached hydrogens (tertiary/aromatic N) is 2. The number of ether oxygens (including phenoxy) is 7. The number of unbranched alkanes of at least 4 members (excludes halogenated alkanes) is 11. The molecule has 16 nitrogen and oxygen atoms in total. The first-order valence-corrected chi connectivity index (χ1v) is 27.0. The van der Waals surface area contributed by atoms with Gasteiger partial charge in [-0.1, -0.05) is 94.9 Å². The molecule has 6 unspecified atom stereocenters. The van der Waals surface area contributed by atoms with E-state index in [-0.39, 0.29) is 82.7 Å². The molecule has 5 rings (SSSR count). The van der Waals surface area contributed by atoms with Crippen LogP contribution in [0.15, 0.2) is 65.9 Å². The molecule has 0 saturated heterocycles. The van der Waals surface area contributed by atoms with Crippen LogP contribution < -0.4 is 24.3 Å². The molecule has 6 atom stereocenters. The normalized spacial score (nSPS) is 21.5. The zero-order valence-corrected chi connectivity index (χ0v) is 44.7. The number of methoxy groups -OCH3 is 2. The number of anilines is 1. The molecule has 4 N–H and O–H groups in total. The second kappa shape index (κ2) is 30.5. The number of amides is 2. The second-order valence-electron chi connectivity index (χ2n) is 20.4. The molecule has 2 aromatic carbocycles. The van der Waals surface area contributed by atoms with Crippen LogP contribution in [-0.2, 0) is 19.0 Å². The molecule has 2 aliphatic carbocycles. The van der Waals surface area contributed by atoms with E-state index < -0.39 is 35.5 Å². The van der Waals surface area contributed by atoms with E-state index in [0.717, 1.165) is 56.1 Å². The van der Waals surface area contributed by atoms with Crippen LogP contribution in [0.5, 0.6) is 23.0 Å². The van der Waals surface area contributed by atoms with Gasteiger partial charge in [0, 0.05) is 43.7 Å². The van der Waals surface area contributed by atoms with Gasteiger partial charge >= 0.3 is 12.2 Å². The third-order valence-electron chi connectivity index (χ3n) is 14.0. The van der Waals surface area contributed by atoms with Crippen LogP contribution in [0.25, 0.3) is 0 Å². The predicted molar refractivity (Wildman–Crippen MR) is 283 cm³/mol. The minimum atomic E-state index is -1.55. The van der Waals surface area contributed by atoms with E-state index in [4.69, 9.17) is 43.2 Å². The fourth-order valence-electron chi connectivity index (χ4n) is 10.6. The van der Waals surface area contributed by atoms with Crippen LogP contribution >= 0.6 is 0 Å². The van der Waals surface area contributed by atoms with Crippen molar-refractivity contribution in [2.75, 3.05) is 72.3 Å². The van der Waals surface area contributed by atoms with E-state index in [1.165, 1.54) is 45.6 Å². The van der Waals surface area contributed by atoms with Crippen LogP contribution in [0.3, 0.4) is 0 Å². The highest BCUT2D eigenvalue weighted by atomic mass is 16.7. The van der Waals surface area contributed by atoms with Gasteiger partial charge in [0.25, 0.3) is 0 Å². The van der Waals surface area contributed by atoms with Crippen molar-refractivity contribution < 1.29 is 62.9 Å². The van der Waals surface area contributed by atoms with E-state index in [0.29, 0.717) is 47.9 Å². The van der Waals surface area contributed by atoms with E-state index in [1.807, 2.05) is 26.8 Å². The summed E-state index contributed by atoms with van der Waals surface area (Å²) in [6.45, 7) is 12.6. The molecule has 3 aliphatic rings. The first-order chi connectivity index (χ1) is 35.4. The summed E-state index contributed by atoms with van der Waals surface area (Å²) in [6.07, 6.45) is 18.4. The van der Waals surface area contributed by atoms with Gasteiger partial charge in [0.05, 0.1) is 64.6 Å². The number of rotatable bonds is 33. The molecule has 408 valence electrons. The van der Waals surface area contributed by atoms with Crippen molar-refractivity contribution in [2.45, 2.75) is 160 Å². The average Bonchev–Trinajstić information content (AvgIpc) is 3.37. The summed E-state index contributed by atoms with van der Waals surface area (Å²) in [6, 6.07) is 9.50. The fourth-order valence-corrected chi connectivity index (χ4v) is 10.6. The van der Waals surface area contributed by atoms with Crippen molar-refractivity contribution >= 4 is 23.6 Å². The van der Waals surface area contributed by atoms with Gasteiger partial charge in [-0.05, 0) is 101 Å². The summed E-state index contributed by atoms with van der Waals surface area (Å²) in [5.74, 6) is -0.934. The Morgan fingerprint density at radius 3 is 2.21 bits per heavy atom. The maximum atomic E-state index is 14.8. The van der Waals surface area contributed by atoms with Crippen molar-refractivity contribution in [2.24, 2.45) is 22.9 Å². The first-order valence-electron chi connectivity index (χ1n) is 27.0. The molecule has 0 bridgehead atoms. The molecule has 0 radical (unpaired) electrons. The van der Waals surface area contributed by atoms with Crippen LogP contribution in [0.4, 0.5) is 15.3 Å².